The van der Waals surface area contributed by atoms with Gasteiger partial charge in [0.15, 0.2) is 22.5 Å². The van der Waals surface area contributed by atoms with Gasteiger partial charge >= 0.3 is 0 Å². The number of carbonyl (C=O) groups excluding carboxylic acids is 2. The van der Waals surface area contributed by atoms with Gasteiger partial charge in [0.1, 0.15) is 5.75 Å². The molecule has 0 spiro atoms. The summed E-state index contributed by atoms with van der Waals surface area (Å²) in [5, 5.41) is 15.0. The molecule has 1 aromatic heterocycles. The maximum atomic E-state index is 13.4. The molecule has 0 saturated carbocycles. The van der Waals surface area contributed by atoms with Crippen molar-refractivity contribution in [3.63, 3.8) is 0 Å². The topological polar surface area (TPSA) is 126 Å². The molecule has 0 radical (unpaired) electrons. The van der Waals surface area contributed by atoms with Crippen LogP contribution in [0.1, 0.15) is 42.5 Å². The summed E-state index contributed by atoms with van der Waals surface area (Å²) in [7, 11) is 1.57. The van der Waals surface area contributed by atoms with Crippen LogP contribution in [0.3, 0.4) is 0 Å². The van der Waals surface area contributed by atoms with Crippen LogP contribution in [0.4, 0.5) is 5.69 Å². The molecule has 0 fully saturated rings. The number of para-hydroxylation sites is 2. The predicted molar refractivity (Wildman–Crippen MR) is 170 cm³/mol. The van der Waals surface area contributed by atoms with Gasteiger partial charge in [0.05, 0.1) is 44.9 Å². The zero-order valence-electron chi connectivity index (χ0n) is 25.5. The van der Waals surface area contributed by atoms with Crippen molar-refractivity contribution in [3.05, 3.63) is 77.6 Å². The first-order chi connectivity index (χ1) is 21.4. The Balaban J connectivity index is 1.58. The van der Waals surface area contributed by atoms with E-state index in [1.807, 2.05) is 76.2 Å². The normalized spacial score (nSPS) is 10.7. The molecule has 0 aliphatic rings. The van der Waals surface area contributed by atoms with Crippen molar-refractivity contribution < 1.29 is 28.5 Å². The van der Waals surface area contributed by atoms with Gasteiger partial charge in [0.25, 0.3) is 5.91 Å². The molecule has 232 valence electrons. The number of rotatable bonds is 15. The molecule has 12 heteroatoms. The summed E-state index contributed by atoms with van der Waals surface area (Å²) in [6, 6.07) is 18.3. The molecule has 11 nitrogen and oxygen atoms in total. The van der Waals surface area contributed by atoms with E-state index in [2.05, 4.69) is 20.8 Å². The van der Waals surface area contributed by atoms with Gasteiger partial charge in [-0.2, -0.15) is 0 Å². The van der Waals surface area contributed by atoms with Crippen LogP contribution < -0.4 is 29.6 Å². The molecule has 44 heavy (non-hydrogen) atoms. The van der Waals surface area contributed by atoms with Gasteiger partial charge < -0.3 is 29.6 Å². The third kappa shape index (κ3) is 8.01. The Bertz CT molecular complexity index is 1560. The quantitative estimate of drug-likeness (QED) is 0.167. The summed E-state index contributed by atoms with van der Waals surface area (Å²) in [4.78, 5) is 26.1. The molecule has 0 aliphatic heterocycles. The molecule has 0 aliphatic carbocycles. The molecular formula is C32H37N5O6S. The van der Waals surface area contributed by atoms with Crippen LogP contribution in [0.2, 0.25) is 0 Å². The molecule has 2 amide bonds. The molecular weight excluding hydrogens is 582 g/mol. The second-order valence-electron chi connectivity index (χ2n) is 9.40. The number of benzene rings is 3. The molecule has 4 rings (SSSR count). The first-order valence-corrected chi connectivity index (χ1v) is 15.3. The Kier molecular flexibility index (Phi) is 11.5. The number of ether oxygens (including phenoxy) is 4. The van der Waals surface area contributed by atoms with E-state index < -0.39 is 0 Å². The summed E-state index contributed by atoms with van der Waals surface area (Å²) in [5.41, 5.74) is 2.78. The van der Waals surface area contributed by atoms with Crippen molar-refractivity contribution in [3.8, 4) is 28.7 Å². The fourth-order valence-corrected chi connectivity index (χ4v) is 5.16. The van der Waals surface area contributed by atoms with Crippen LogP contribution in [0, 0.1) is 6.92 Å². The zero-order valence-corrected chi connectivity index (χ0v) is 26.3. The fraction of sp³-hybridized carbons (Fsp3) is 0.312. The second-order valence-corrected chi connectivity index (χ2v) is 10.3. The summed E-state index contributed by atoms with van der Waals surface area (Å²) >= 11 is 1.23. The van der Waals surface area contributed by atoms with Crippen LogP contribution in [0.25, 0.3) is 5.69 Å². The number of hydrogen-bond acceptors (Lipinski definition) is 9. The summed E-state index contributed by atoms with van der Waals surface area (Å²) in [6.07, 6.45) is 0. The summed E-state index contributed by atoms with van der Waals surface area (Å²) in [6.45, 7) is 8.79. The third-order valence-electron chi connectivity index (χ3n) is 6.24. The molecule has 2 N–H and O–H groups in total. The largest absolute Gasteiger partial charge is 0.495 e. The van der Waals surface area contributed by atoms with Gasteiger partial charge in [0, 0.05) is 11.3 Å². The van der Waals surface area contributed by atoms with Crippen LogP contribution >= 0.6 is 11.8 Å². The second kappa shape index (κ2) is 15.7. The van der Waals surface area contributed by atoms with Crippen LogP contribution in [-0.2, 0) is 11.3 Å². The molecule has 0 atom stereocenters. The van der Waals surface area contributed by atoms with Gasteiger partial charge in [-0.05, 0) is 69.7 Å². The van der Waals surface area contributed by atoms with Crippen LogP contribution in [-0.4, -0.2) is 59.3 Å². The number of aryl methyl sites for hydroxylation is 1. The van der Waals surface area contributed by atoms with Gasteiger partial charge in [-0.3, -0.25) is 14.2 Å². The van der Waals surface area contributed by atoms with E-state index in [1.54, 1.807) is 23.8 Å². The number of nitrogens with one attached hydrogen (secondary N) is 2. The van der Waals surface area contributed by atoms with Crippen molar-refractivity contribution in [1.82, 2.24) is 20.1 Å². The Morgan fingerprint density at radius 2 is 1.57 bits per heavy atom. The van der Waals surface area contributed by atoms with E-state index in [1.165, 1.54) is 11.8 Å². The number of hydrogen-bond donors (Lipinski definition) is 2. The summed E-state index contributed by atoms with van der Waals surface area (Å²) < 4.78 is 24.7. The van der Waals surface area contributed by atoms with E-state index in [4.69, 9.17) is 18.9 Å². The molecule has 0 saturated heterocycles. The Hall–Kier alpha value is -4.71. The highest BCUT2D eigenvalue weighted by molar-refractivity contribution is 7.99. The lowest BCUT2D eigenvalue weighted by Gasteiger charge is -2.17. The lowest BCUT2D eigenvalue weighted by atomic mass is 10.1. The maximum absolute atomic E-state index is 13.4. The Morgan fingerprint density at radius 1 is 0.864 bits per heavy atom. The number of amides is 2. The molecule has 4 aromatic rings. The minimum absolute atomic E-state index is 0.0427. The standard InChI is InChI=1S/C32H37N5O6S/c1-6-41-26-17-22(18-27(42-7-2)30(26)43-8-3)31(39)33-19-28-35-36-32(37(28)24-14-9-10-15-25(24)40-5)44-20-29(38)34-23-13-11-12-21(4)16-23/h9-18H,6-8,19-20H2,1-5H3,(H,33,39)(H,34,38). The molecule has 1 heterocycles. The van der Waals surface area contributed by atoms with Gasteiger partial charge in [-0.25, -0.2) is 0 Å². The predicted octanol–water partition coefficient (Wildman–Crippen LogP) is 5.44. The highest BCUT2D eigenvalue weighted by Gasteiger charge is 2.22. The first kappa shape index (κ1) is 32.2. The third-order valence-corrected chi connectivity index (χ3v) is 7.17. The monoisotopic (exact) mass is 619 g/mol. The number of anilines is 1. The van der Waals surface area contributed by atoms with E-state index >= 15 is 0 Å². The smallest absolute Gasteiger partial charge is 0.251 e. The van der Waals surface area contributed by atoms with Gasteiger partial charge in [0.2, 0.25) is 11.7 Å². The number of nitrogens with zero attached hydrogens (tertiary/aromatic N) is 3. The van der Waals surface area contributed by atoms with E-state index in [9.17, 15) is 9.59 Å². The molecule has 3 aromatic carbocycles. The minimum Gasteiger partial charge on any atom is -0.495 e. The number of methoxy groups -OCH3 is 1. The lowest BCUT2D eigenvalue weighted by molar-refractivity contribution is -0.113. The van der Waals surface area contributed by atoms with E-state index in [-0.39, 0.29) is 24.1 Å². The highest BCUT2D eigenvalue weighted by atomic mass is 32.2. The summed E-state index contributed by atoms with van der Waals surface area (Å²) in [5.74, 6) is 1.88. The SMILES string of the molecule is CCOc1cc(C(=O)NCc2nnc(SCC(=O)Nc3cccc(C)c3)n2-c2ccccc2OC)cc(OCC)c1OCC. The minimum atomic E-state index is -0.365. The van der Waals surface area contributed by atoms with Crippen molar-refractivity contribution in [1.29, 1.82) is 0 Å². The van der Waals surface area contributed by atoms with Gasteiger partial charge in [-0.1, -0.05) is 36.0 Å². The van der Waals surface area contributed by atoms with E-state index in [0.717, 1.165) is 11.3 Å². The number of aromatic nitrogens is 3. The van der Waals surface area contributed by atoms with Crippen LogP contribution in [0.15, 0.2) is 65.8 Å². The highest BCUT2D eigenvalue weighted by Crippen LogP contribution is 2.39. The van der Waals surface area contributed by atoms with Crippen molar-refractivity contribution in [2.45, 2.75) is 39.4 Å². The van der Waals surface area contributed by atoms with Crippen molar-refractivity contribution in [2.75, 3.05) is 38.0 Å². The fourth-order valence-electron chi connectivity index (χ4n) is 4.40. The number of carbonyl (C=O) groups is 2. The lowest BCUT2D eigenvalue weighted by Crippen LogP contribution is -2.25. The molecule has 0 unspecified atom stereocenters. The van der Waals surface area contributed by atoms with Gasteiger partial charge in [-0.15, -0.1) is 10.2 Å². The average molecular weight is 620 g/mol. The zero-order chi connectivity index (χ0) is 31.5. The van der Waals surface area contributed by atoms with Crippen molar-refractivity contribution >= 4 is 29.3 Å². The van der Waals surface area contributed by atoms with Crippen molar-refractivity contribution in [2.24, 2.45) is 0 Å². The maximum Gasteiger partial charge on any atom is 0.251 e. The Labute approximate surface area is 261 Å². The first-order valence-electron chi connectivity index (χ1n) is 14.3. The molecule has 0 bridgehead atoms. The van der Waals surface area contributed by atoms with E-state index in [0.29, 0.717) is 65.1 Å². The Morgan fingerprint density at radius 3 is 2.23 bits per heavy atom. The number of thioether (sulfide) groups is 1. The average Bonchev–Trinajstić information content (AvgIpc) is 3.43. The van der Waals surface area contributed by atoms with Crippen LogP contribution in [0.5, 0.6) is 23.0 Å².